The van der Waals surface area contributed by atoms with Crippen molar-refractivity contribution in [2.45, 2.75) is 24.9 Å². The molecule has 0 aliphatic carbocycles. The van der Waals surface area contributed by atoms with E-state index < -0.39 is 0 Å². The summed E-state index contributed by atoms with van der Waals surface area (Å²) in [5, 5.41) is 2.22. The van der Waals surface area contributed by atoms with E-state index in [1.54, 1.807) is 0 Å². The topological polar surface area (TPSA) is 29.5 Å². The Morgan fingerprint density at radius 1 is 1.09 bits per heavy atom. The van der Waals surface area contributed by atoms with Crippen molar-refractivity contribution in [3.05, 3.63) is 42.0 Å². The lowest BCUT2D eigenvalue weighted by Gasteiger charge is -2.54. The maximum Gasteiger partial charge on any atom is 0.170 e. The lowest BCUT2D eigenvalue weighted by molar-refractivity contribution is -0.0951. The molecule has 4 heterocycles. The van der Waals surface area contributed by atoms with Crippen molar-refractivity contribution in [2.24, 2.45) is 5.92 Å². The Labute approximate surface area is 129 Å². The highest BCUT2D eigenvalue weighted by Crippen LogP contribution is 2.47. The number of piperidine rings is 3. The van der Waals surface area contributed by atoms with Gasteiger partial charge in [-0.05, 0) is 37.4 Å². The number of hydrogen-bond donors (Lipinski definition) is 0. The molecular weight excluding hydrogens is 274 g/mol. The number of hydrogen-bond acceptors (Lipinski definition) is 3. The van der Waals surface area contributed by atoms with E-state index in [9.17, 15) is 4.79 Å². The van der Waals surface area contributed by atoms with Crippen molar-refractivity contribution in [3.8, 4) is 5.75 Å². The molecule has 2 bridgehead atoms. The summed E-state index contributed by atoms with van der Waals surface area (Å²) in [6.45, 7) is 3.23. The van der Waals surface area contributed by atoms with E-state index in [0.29, 0.717) is 12.3 Å². The highest BCUT2D eigenvalue weighted by molar-refractivity contribution is 6.06. The molecule has 0 unspecified atom stereocenters. The van der Waals surface area contributed by atoms with Crippen LogP contribution in [0.2, 0.25) is 0 Å². The predicted molar refractivity (Wildman–Crippen MR) is 85.4 cm³/mol. The Morgan fingerprint density at radius 2 is 1.91 bits per heavy atom. The van der Waals surface area contributed by atoms with Gasteiger partial charge in [0.05, 0.1) is 12.0 Å². The average Bonchev–Trinajstić information content (AvgIpc) is 2.55. The minimum Gasteiger partial charge on any atom is -0.484 e. The summed E-state index contributed by atoms with van der Waals surface area (Å²) in [7, 11) is 0. The number of carbonyl (C=O) groups excluding carboxylic acids is 1. The van der Waals surface area contributed by atoms with Crippen LogP contribution in [-0.2, 0) is 0 Å². The van der Waals surface area contributed by atoms with Gasteiger partial charge in [0.15, 0.2) is 5.78 Å². The molecule has 112 valence electrons. The summed E-state index contributed by atoms with van der Waals surface area (Å²) in [5.74, 6) is 1.59. The molecule has 4 aliphatic heterocycles. The number of benzene rings is 2. The highest BCUT2D eigenvalue weighted by Gasteiger charge is 2.52. The normalized spacial score (nSPS) is 33.0. The summed E-state index contributed by atoms with van der Waals surface area (Å²) in [6, 6.07) is 12.2. The molecule has 1 atom stereocenters. The lowest BCUT2D eigenvalue weighted by Crippen LogP contribution is -2.63. The summed E-state index contributed by atoms with van der Waals surface area (Å²) < 4.78 is 6.62. The zero-order valence-electron chi connectivity index (χ0n) is 12.5. The van der Waals surface area contributed by atoms with E-state index in [2.05, 4.69) is 17.0 Å². The first-order chi connectivity index (χ1) is 10.8. The number of Topliss-reactive ketones (excluding diaryl/α,β-unsaturated/α-hetero) is 1. The van der Waals surface area contributed by atoms with Gasteiger partial charge in [0.25, 0.3) is 0 Å². The van der Waals surface area contributed by atoms with Crippen LogP contribution in [0.1, 0.15) is 29.6 Å². The molecule has 3 nitrogen and oxygen atoms in total. The molecule has 0 saturated carbocycles. The SMILES string of the molecule is O=C1C[C@]2(CN3CCC2CC3)Oc2c1ccc1ccccc21. The Kier molecular flexibility index (Phi) is 2.49. The first-order valence-corrected chi connectivity index (χ1v) is 8.21. The van der Waals surface area contributed by atoms with Gasteiger partial charge < -0.3 is 4.74 Å². The van der Waals surface area contributed by atoms with Crippen LogP contribution in [-0.4, -0.2) is 35.9 Å². The van der Waals surface area contributed by atoms with Crippen LogP contribution in [0.25, 0.3) is 10.8 Å². The molecule has 6 rings (SSSR count). The second-order valence-corrected chi connectivity index (χ2v) is 6.98. The fraction of sp³-hybridized carbons (Fsp3) is 0.421. The average molecular weight is 293 g/mol. The van der Waals surface area contributed by atoms with Crippen molar-refractivity contribution in [2.75, 3.05) is 19.6 Å². The van der Waals surface area contributed by atoms with Gasteiger partial charge in [-0.1, -0.05) is 30.3 Å². The molecule has 0 N–H and O–H groups in total. The third-order valence-corrected chi connectivity index (χ3v) is 5.77. The van der Waals surface area contributed by atoms with E-state index in [0.717, 1.165) is 54.6 Å². The smallest absolute Gasteiger partial charge is 0.170 e. The van der Waals surface area contributed by atoms with Crippen LogP contribution in [0, 0.1) is 5.92 Å². The van der Waals surface area contributed by atoms with Crippen LogP contribution in [0.5, 0.6) is 5.75 Å². The van der Waals surface area contributed by atoms with Gasteiger partial charge in [-0.25, -0.2) is 0 Å². The second-order valence-electron chi connectivity index (χ2n) is 6.98. The molecule has 22 heavy (non-hydrogen) atoms. The number of nitrogens with zero attached hydrogens (tertiary/aromatic N) is 1. The number of rotatable bonds is 0. The first-order valence-electron chi connectivity index (χ1n) is 8.21. The van der Waals surface area contributed by atoms with Crippen molar-refractivity contribution >= 4 is 16.6 Å². The monoisotopic (exact) mass is 293 g/mol. The minimum absolute atomic E-state index is 0.251. The molecule has 0 aromatic heterocycles. The Balaban J connectivity index is 1.68. The van der Waals surface area contributed by atoms with E-state index in [1.165, 1.54) is 0 Å². The van der Waals surface area contributed by atoms with Gasteiger partial charge in [-0.3, -0.25) is 9.69 Å². The lowest BCUT2D eigenvalue weighted by atomic mass is 9.71. The van der Waals surface area contributed by atoms with Crippen LogP contribution in [0.15, 0.2) is 36.4 Å². The highest BCUT2D eigenvalue weighted by atomic mass is 16.5. The summed E-state index contributed by atoms with van der Waals surface area (Å²) in [5.41, 5.74) is 0.478. The van der Waals surface area contributed by atoms with Crippen LogP contribution < -0.4 is 4.74 Å². The van der Waals surface area contributed by atoms with Crippen LogP contribution >= 0.6 is 0 Å². The van der Waals surface area contributed by atoms with Gasteiger partial charge >= 0.3 is 0 Å². The van der Waals surface area contributed by atoms with Crippen LogP contribution in [0.3, 0.4) is 0 Å². The van der Waals surface area contributed by atoms with Gasteiger partial charge in [-0.15, -0.1) is 0 Å². The molecule has 3 saturated heterocycles. The fourth-order valence-electron chi connectivity index (χ4n) is 4.62. The van der Waals surface area contributed by atoms with Crippen LogP contribution in [0.4, 0.5) is 0 Å². The van der Waals surface area contributed by atoms with Crippen molar-refractivity contribution in [3.63, 3.8) is 0 Å². The van der Waals surface area contributed by atoms with Gasteiger partial charge in [0, 0.05) is 17.8 Å². The Hall–Kier alpha value is -1.87. The minimum atomic E-state index is -0.287. The largest absolute Gasteiger partial charge is 0.484 e. The van der Waals surface area contributed by atoms with E-state index in [-0.39, 0.29) is 11.4 Å². The number of fused-ring (bicyclic) bond motifs is 5. The number of ether oxygens (including phenoxy) is 1. The Morgan fingerprint density at radius 3 is 2.68 bits per heavy atom. The third-order valence-electron chi connectivity index (χ3n) is 5.77. The van der Waals surface area contributed by atoms with Crippen molar-refractivity contribution < 1.29 is 9.53 Å². The fourth-order valence-corrected chi connectivity index (χ4v) is 4.62. The molecule has 3 heteroatoms. The van der Waals surface area contributed by atoms with Crippen molar-refractivity contribution in [1.82, 2.24) is 4.90 Å². The number of ketones is 1. The Bertz CT molecular complexity index is 776. The first kappa shape index (κ1) is 12.7. The predicted octanol–water partition coefficient (Wildman–Crippen LogP) is 3.27. The van der Waals surface area contributed by atoms with E-state index in [1.807, 2.05) is 24.3 Å². The van der Waals surface area contributed by atoms with Crippen molar-refractivity contribution in [1.29, 1.82) is 0 Å². The summed E-state index contributed by atoms with van der Waals surface area (Å²) in [4.78, 5) is 15.2. The zero-order valence-corrected chi connectivity index (χ0v) is 12.5. The van der Waals surface area contributed by atoms with E-state index in [4.69, 9.17) is 4.74 Å². The molecule has 1 spiro atoms. The summed E-state index contributed by atoms with van der Waals surface area (Å²) in [6.07, 6.45) is 2.86. The molecule has 4 aliphatic rings. The standard InChI is InChI=1S/C19H19NO2/c21-17-11-19(12-20-9-7-14(19)8-10-20)22-18-15-4-2-1-3-13(15)5-6-16(17)18/h1-6,14H,7-12H2/t19-/m1/s1. The maximum atomic E-state index is 12.8. The summed E-state index contributed by atoms with van der Waals surface area (Å²) >= 11 is 0. The molecular formula is C19H19NO2. The third kappa shape index (κ3) is 1.63. The molecule has 2 aromatic carbocycles. The van der Waals surface area contributed by atoms with E-state index >= 15 is 0 Å². The van der Waals surface area contributed by atoms with Gasteiger partial charge in [-0.2, -0.15) is 0 Å². The molecule has 0 amide bonds. The quantitative estimate of drug-likeness (QED) is 0.746. The second kappa shape index (κ2) is 4.32. The van der Waals surface area contributed by atoms with Gasteiger partial charge in [0.2, 0.25) is 0 Å². The number of carbonyl (C=O) groups is 1. The zero-order chi connectivity index (χ0) is 14.7. The molecule has 2 aromatic rings. The maximum absolute atomic E-state index is 12.8. The molecule has 0 radical (unpaired) electrons. The van der Waals surface area contributed by atoms with Gasteiger partial charge in [0.1, 0.15) is 11.4 Å². The molecule has 3 fully saturated rings.